The number of benzene rings is 1. The number of morpholine rings is 1. The molecule has 0 aromatic heterocycles. The van der Waals surface area contributed by atoms with Crippen LogP contribution in [0.2, 0.25) is 0 Å². The second-order valence-electron chi connectivity index (χ2n) is 7.22. The van der Waals surface area contributed by atoms with Crippen LogP contribution in [0.5, 0.6) is 0 Å². The van der Waals surface area contributed by atoms with Gasteiger partial charge in [0.1, 0.15) is 5.82 Å². The third-order valence-electron chi connectivity index (χ3n) is 5.23. The number of halogens is 1. The molecule has 1 aromatic rings. The van der Waals surface area contributed by atoms with Crippen molar-refractivity contribution >= 4 is 0 Å². The molecule has 3 rings (SSSR count). The normalized spacial score (nSPS) is 23.0. The van der Waals surface area contributed by atoms with Crippen molar-refractivity contribution < 1.29 is 9.13 Å². The van der Waals surface area contributed by atoms with E-state index in [1.165, 1.54) is 25.7 Å². The molecule has 3 nitrogen and oxygen atoms in total. The van der Waals surface area contributed by atoms with E-state index in [0.29, 0.717) is 0 Å². The first-order valence-electron chi connectivity index (χ1n) is 8.98. The molecule has 2 aliphatic rings. The highest BCUT2D eigenvalue weighted by atomic mass is 19.1. The van der Waals surface area contributed by atoms with Gasteiger partial charge in [-0.2, -0.15) is 0 Å². The van der Waals surface area contributed by atoms with Crippen molar-refractivity contribution in [3.63, 3.8) is 0 Å². The monoisotopic (exact) mass is 320 g/mol. The number of hydrogen-bond donors (Lipinski definition) is 1. The second kappa shape index (κ2) is 7.73. The Morgan fingerprint density at radius 1 is 1.22 bits per heavy atom. The first-order valence-corrected chi connectivity index (χ1v) is 8.98. The Balaban J connectivity index is 1.61. The standard InChI is InChI=1S/C19H29FN2O/c1-16(14-17-6-2-3-7-18(17)20)21-19(8-4-5-9-19)15-22-10-12-23-13-11-22/h2-3,6-7,16,21H,4-5,8-15H2,1H3. The molecule has 0 spiro atoms. The Hall–Kier alpha value is -0.970. The van der Waals surface area contributed by atoms with Gasteiger partial charge in [0.15, 0.2) is 0 Å². The number of hydrogen-bond acceptors (Lipinski definition) is 3. The van der Waals surface area contributed by atoms with Crippen molar-refractivity contribution in [1.82, 2.24) is 10.2 Å². The van der Waals surface area contributed by atoms with Crippen LogP contribution in [-0.2, 0) is 11.2 Å². The summed E-state index contributed by atoms with van der Waals surface area (Å²) in [5.41, 5.74) is 1.01. The summed E-state index contributed by atoms with van der Waals surface area (Å²) in [7, 11) is 0. The summed E-state index contributed by atoms with van der Waals surface area (Å²) >= 11 is 0. The van der Waals surface area contributed by atoms with E-state index in [1.807, 2.05) is 12.1 Å². The smallest absolute Gasteiger partial charge is 0.126 e. The maximum Gasteiger partial charge on any atom is 0.126 e. The molecule has 128 valence electrons. The molecule has 4 heteroatoms. The lowest BCUT2D eigenvalue weighted by molar-refractivity contribution is 0.0227. The van der Waals surface area contributed by atoms with Gasteiger partial charge in [0.2, 0.25) is 0 Å². The van der Waals surface area contributed by atoms with Crippen LogP contribution in [0.25, 0.3) is 0 Å². The van der Waals surface area contributed by atoms with Gasteiger partial charge in [-0.3, -0.25) is 4.90 Å². The summed E-state index contributed by atoms with van der Waals surface area (Å²) in [4.78, 5) is 2.53. The van der Waals surface area contributed by atoms with Crippen molar-refractivity contribution in [2.75, 3.05) is 32.8 Å². The Morgan fingerprint density at radius 2 is 1.91 bits per heavy atom. The van der Waals surface area contributed by atoms with E-state index in [4.69, 9.17) is 4.74 Å². The molecule has 0 radical (unpaired) electrons. The zero-order valence-electron chi connectivity index (χ0n) is 14.2. The van der Waals surface area contributed by atoms with E-state index < -0.39 is 0 Å². The molecule has 1 aliphatic heterocycles. The van der Waals surface area contributed by atoms with Crippen LogP contribution in [0.4, 0.5) is 4.39 Å². The molecule has 1 N–H and O–H groups in total. The molecule has 1 heterocycles. The molecular formula is C19H29FN2O. The molecule has 0 bridgehead atoms. The van der Waals surface area contributed by atoms with Crippen LogP contribution in [0.3, 0.4) is 0 Å². The topological polar surface area (TPSA) is 24.5 Å². The largest absolute Gasteiger partial charge is 0.379 e. The van der Waals surface area contributed by atoms with Gasteiger partial charge in [-0.25, -0.2) is 4.39 Å². The van der Waals surface area contributed by atoms with Gasteiger partial charge in [0.25, 0.3) is 0 Å². The van der Waals surface area contributed by atoms with Crippen LogP contribution < -0.4 is 5.32 Å². The van der Waals surface area contributed by atoms with Gasteiger partial charge in [-0.15, -0.1) is 0 Å². The molecule has 1 saturated heterocycles. The number of nitrogens with one attached hydrogen (secondary N) is 1. The quantitative estimate of drug-likeness (QED) is 0.872. The van der Waals surface area contributed by atoms with E-state index in [0.717, 1.165) is 44.8 Å². The van der Waals surface area contributed by atoms with Crippen LogP contribution in [0, 0.1) is 5.82 Å². The molecule has 1 aromatic carbocycles. The highest BCUT2D eigenvalue weighted by Gasteiger charge is 2.36. The molecule has 1 aliphatic carbocycles. The van der Waals surface area contributed by atoms with E-state index in [9.17, 15) is 4.39 Å². The lowest BCUT2D eigenvalue weighted by atomic mass is 9.93. The van der Waals surface area contributed by atoms with Crippen LogP contribution in [0.1, 0.15) is 38.2 Å². The van der Waals surface area contributed by atoms with Crippen molar-refractivity contribution in [3.8, 4) is 0 Å². The number of nitrogens with zero attached hydrogens (tertiary/aromatic N) is 1. The van der Waals surface area contributed by atoms with Crippen molar-refractivity contribution in [1.29, 1.82) is 0 Å². The van der Waals surface area contributed by atoms with Crippen LogP contribution >= 0.6 is 0 Å². The Bertz CT molecular complexity index is 496. The minimum atomic E-state index is -0.0881. The highest BCUT2D eigenvalue weighted by Crippen LogP contribution is 2.31. The van der Waals surface area contributed by atoms with Crippen LogP contribution in [0.15, 0.2) is 24.3 Å². The first kappa shape index (κ1) is 16.9. The van der Waals surface area contributed by atoms with Crippen molar-refractivity contribution in [2.24, 2.45) is 0 Å². The first-order chi connectivity index (χ1) is 11.2. The molecule has 1 unspecified atom stereocenters. The third kappa shape index (κ3) is 4.52. The summed E-state index contributed by atoms with van der Waals surface area (Å²) < 4.78 is 19.3. The molecule has 2 fully saturated rings. The van der Waals surface area contributed by atoms with Gasteiger partial charge >= 0.3 is 0 Å². The fourth-order valence-electron chi connectivity index (χ4n) is 4.15. The van der Waals surface area contributed by atoms with Crippen LogP contribution in [-0.4, -0.2) is 49.3 Å². The number of rotatable bonds is 6. The predicted octanol–water partition coefficient (Wildman–Crippen LogP) is 2.99. The summed E-state index contributed by atoms with van der Waals surface area (Å²) in [5, 5.41) is 3.87. The Labute approximate surface area is 139 Å². The third-order valence-corrected chi connectivity index (χ3v) is 5.23. The average molecular weight is 320 g/mol. The lowest BCUT2D eigenvalue weighted by Gasteiger charge is -2.40. The lowest BCUT2D eigenvalue weighted by Crippen LogP contribution is -2.56. The molecule has 1 atom stereocenters. The van der Waals surface area contributed by atoms with Gasteiger partial charge in [0.05, 0.1) is 13.2 Å². The summed E-state index contributed by atoms with van der Waals surface area (Å²) in [5.74, 6) is -0.0881. The Kier molecular flexibility index (Phi) is 5.67. The van der Waals surface area contributed by atoms with Crippen molar-refractivity contribution in [2.45, 2.75) is 50.6 Å². The summed E-state index contributed by atoms with van der Waals surface area (Å²) in [6, 6.07) is 7.42. The van der Waals surface area contributed by atoms with E-state index in [2.05, 4.69) is 17.1 Å². The van der Waals surface area contributed by atoms with Gasteiger partial charge in [-0.05, 0) is 37.8 Å². The summed E-state index contributed by atoms with van der Waals surface area (Å²) in [6.07, 6.45) is 5.79. The zero-order valence-corrected chi connectivity index (χ0v) is 14.2. The molecular weight excluding hydrogens is 291 g/mol. The fourth-order valence-corrected chi connectivity index (χ4v) is 4.15. The van der Waals surface area contributed by atoms with E-state index >= 15 is 0 Å². The van der Waals surface area contributed by atoms with Crippen molar-refractivity contribution in [3.05, 3.63) is 35.6 Å². The Morgan fingerprint density at radius 3 is 2.61 bits per heavy atom. The van der Waals surface area contributed by atoms with E-state index in [-0.39, 0.29) is 17.4 Å². The molecule has 0 amide bonds. The molecule has 23 heavy (non-hydrogen) atoms. The van der Waals surface area contributed by atoms with E-state index in [1.54, 1.807) is 12.1 Å². The van der Waals surface area contributed by atoms with Gasteiger partial charge < -0.3 is 10.1 Å². The minimum absolute atomic E-state index is 0.0881. The fraction of sp³-hybridized carbons (Fsp3) is 0.684. The maximum atomic E-state index is 13.9. The SMILES string of the molecule is CC(Cc1ccccc1F)NC1(CN2CCOCC2)CCCC1. The zero-order chi connectivity index (χ0) is 16.1. The highest BCUT2D eigenvalue weighted by molar-refractivity contribution is 5.18. The predicted molar refractivity (Wildman–Crippen MR) is 91.2 cm³/mol. The maximum absolute atomic E-state index is 13.9. The van der Waals surface area contributed by atoms with Gasteiger partial charge in [0, 0.05) is 31.2 Å². The average Bonchev–Trinajstić information content (AvgIpc) is 2.98. The summed E-state index contributed by atoms with van der Waals surface area (Å²) in [6.45, 7) is 7.04. The van der Waals surface area contributed by atoms with Gasteiger partial charge in [-0.1, -0.05) is 31.0 Å². The molecule has 1 saturated carbocycles. The number of ether oxygens (including phenoxy) is 1. The second-order valence-corrected chi connectivity index (χ2v) is 7.22. The minimum Gasteiger partial charge on any atom is -0.379 e.